The molecule has 0 aliphatic carbocycles. The SMILES string of the molecule is CCC(C)c1ccc(NC(=O)S(=O)(=O)c2ccc(C)cc2)cc1. The van der Waals surface area contributed by atoms with Crippen LogP contribution < -0.4 is 5.32 Å². The van der Waals surface area contributed by atoms with Crippen LogP contribution in [0.5, 0.6) is 0 Å². The van der Waals surface area contributed by atoms with Crippen molar-refractivity contribution >= 4 is 20.8 Å². The summed E-state index contributed by atoms with van der Waals surface area (Å²) in [5.41, 5.74) is 2.56. The van der Waals surface area contributed by atoms with Gasteiger partial charge in [0.2, 0.25) is 0 Å². The van der Waals surface area contributed by atoms with Gasteiger partial charge >= 0.3 is 5.24 Å². The van der Waals surface area contributed by atoms with Crippen LogP contribution in [-0.4, -0.2) is 13.7 Å². The number of carbonyl (C=O) groups is 1. The Morgan fingerprint density at radius 1 is 1.04 bits per heavy atom. The van der Waals surface area contributed by atoms with Crippen LogP contribution in [0, 0.1) is 6.92 Å². The summed E-state index contributed by atoms with van der Waals surface area (Å²) in [5.74, 6) is 0.427. The van der Waals surface area contributed by atoms with E-state index in [1.165, 1.54) is 12.1 Å². The molecule has 5 heteroatoms. The van der Waals surface area contributed by atoms with Crippen molar-refractivity contribution < 1.29 is 13.2 Å². The maximum Gasteiger partial charge on any atom is 0.345 e. The van der Waals surface area contributed by atoms with Gasteiger partial charge in [0.15, 0.2) is 0 Å². The highest BCUT2D eigenvalue weighted by Crippen LogP contribution is 2.21. The molecule has 23 heavy (non-hydrogen) atoms. The van der Waals surface area contributed by atoms with Crippen LogP contribution in [-0.2, 0) is 9.84 Å². The molecule has 122 valence electrons. The molecular formula is C18H21NO3S. The van der Waals surface area contributed by atoms with Crippen LogP contribution in [0.3, 0.4) is 0 Å². The summed E-state index contributed by atoms with van der Waals surface area (Å²) in [4.78, 5) is 12.1. The molecule has 0 saturated heterocycles. The summed E-state index contributed by atoms with van der Waals surface area (Å²) in [5, 5.41) is 1.44. The smallest absolute Gasteiger partial charge is 0.312 e. The van der Waals surface area contributed by atoms with Gasteiger partial charge in [0, 0.05) is 5.69 Å². The molecule has 2 aromatic carbocycles. The summed E-state index contributed by atoms with van der Waals surface area (Å²) in [7, 11) is -4.04. The number of sulfone groups is 1. The van der Waals surface area contributed by atoms with E-state index in [1.54, 1.807) is 24.3 Å². The lowest BCUT2D eigenvalue weighted by Crippen LogP contribution is -2.21. The van der Waals surface area contributed by atoms with Gasteiger partial charge in [-0.25, -0.2) is 8.42 Å². The average molecular weight is 331 g/mol. The summed E-state index contributed by atoms with van der Waals surface area (Å²) in [6, 6.07) is 13.5. The van der Waals surface area contributed by atoms with Crippen LogP contribution in [0.15, 0.2) is 53.4 Å². The third-order valence-electron chi connectivity index (χ3n) is 3.91. The van der Waals surface area contributed by atoms with Crippen LogP contribution in [0.4, 0.5) is 10.5 Å². The fourth-order valence-corrected chi connectivity index (χ4v) is 3.10. The minimum absolute atomic E-state index is 0.00294. The molecule has 4 nitrogen and oxygen atoms in total. The molecule has 0 spiro atoms. The first-order valence-corrected chi connectivity index (χ1v) is 9.05. The Kier molecular flexibility index (Phi) is 5.21. The van der Waals surface area contributed by atoms with Gasteiger partial charge in [0.1, 0.15) is 0 Å². The van der Waals surface area contributed by atoms with Crippen molar-refractivity contribution in [3.8, 4) is 0 Å². The predicted molar refractivity (Wildman–Crippen MR) is 92.5 cm³/mol. The number of amides is 1. The van der Waals surface area contributed by atoms with Gasteiger partial charge in [-0.3, -0.25) is 4.79 Å². The lowest BCUT2D eigenvalue weighted by molar-refractivity contribution is 0.267. The lowest BCUT2D eigenvalue weighted by atomic mass is 9.99. The van der Waals surface area contributed by atoms with Crippen molar-refractivity contribution in [1.29, 1.82) is 0 Å². The summed E-state index contributed by atoms with van der Waals surface area (Å²) in [6.07, 6.45) is 1.02. The van der Waals surface area contributed by atoms with E-state index in [0.29, 0.717) is 11.6 Å². The molecule has 0 fully saturated rings. The molecule has 1 N–H and O–H groups in total. The maximum atomic E-state index is 12.3. The number of carbonyl (C=O) groups excluding carboxylic acids is 1. The second-order valence-corrected chi connectivity index (χ2v) is 7.51. The third-order valence-corrected chi connectivity index (χ3v) is 5.40. The third kappa shape index (κ3) is 3.99. The van der Waals surface area contributed by atoms with Crippen molar-refractivity contribution in [2.24, 2.45) is 0 Å². The van der Waals surface area contributed by atoms with Gasteiger partial charge in [-0.05, 0) is 49.1 Å². The van der Waals surface area contributed by atoms with Gasteiger partial charge in [0.05, 0.1) is 4.90 Å². The fourth-order valence-electron chi connectivity index (χ4n) is 2.14. The van der Waals surface area contributed by atoms with E-state index in [0.717, 1.165) is 17.5 Å². The van der Waals surface area contributed by atoms with Crippen molar-refractivity contribution in [1.82, 2.24) is 0 Å². The van der Waals surface area contributed by atoms with Crippen molar-refractivity contribution in [2.75, 3.05) is 5.32 Å². The first kappa shape index (κ1) is 17.2. The monoisotopic (exact) mass is 331 g/mol. The van der Waals surface area contributed by atoms with Crippen LogP contribution in [0.2, 0.25) is 0 Å². The highest BCUT2D eigenvalue weighted by molar-refractivity contribution is 8.06. The van der Waals surface area contributed by atoms with Gasteiger partial charge < -0.3 is 5.32 Å². The van der Waals surface area contributed by atoms with Crippen molar-refractivity contribution in [3.05, 3.63) is 59.7 Å². The Morgan fingerprint density at radius 2 is 1.61 bits per heavy atom. The highest BCUT2D eigenvalue weighted by Gasteiger charge is 2.24. The minimum Gasteiger partial charge on any atom is -0.312 e. The molecule has 2 aromatic rings. The largest absolute Gasteiger partial charge is 0.345 e. The number of aryl methyl sites for hydroxylation is 1. The molecule has 1 atom stereocenters. The van der Waals surface area contributed by atoms with Crippen LogP contribution in [0.25, 0.3) is 0 Å². The van der Waals surface area contributed by atoms with E-state index in [-0.39, 0.29) is 4.90 Å². The summed E-state index contributed by atoms with van der Waals surface area (Å²) >= 11 is 0. The van der Waals surface area contributed by atoms with Crippen molar-refractivity contribution in [2.45, 2.75) is 38.0 Å². The van der Waals surface area contributed by atoms with E-state index >= 15 is 0 Å². The second-order valence-electron chi connectivity index (χ2n) is 5.66. The molecule has 1 unspecified atom stereocenters. The Bertz CT molecular complexity index is 778. The summed E-state index contributed by atoms with van der Waals surface area (Å²) in [6.45, 7) is 6.08. The normalized spacial score (nSPS) is 12.7. The fraction of sp³-hybridized carbons (Fsp3) is 0.278. The van der Waals surface area contributed by atoms with E-state index < -0.39 is 15.1 Å². The zero-order chi connectivity index (χ0) is 17.0. The number of nitrogens with one attached hydrogen (secondary N) is 1. The number of rotatable bonds is 4. The quantitative estimate of drug-likeness (QED) is 0.896. The van der Waals surface area contributed by atoms with Gasteiger partial charge in [-0.1, -0.05) is 43.7 Å². The zero-order valence-electron chi connectivity index (χ0n) is 13.5. The number of hydrogen-bond acceptors (Lipinski definition) is 3. The molecule has 0 radical (unpaired) electrons. The molecular weight excluding hydrogens is 310 g/mol. The van der Waals surface area contributed by atoms with Crippen molar-refractivity contribution in [3.63, 3.8) is 0 Å². The van der Waals surface area contributed by atoms with E-state index in [9.17, 15) is 13.2 Å². The van der Waals surface area contributed by atoms with E-state index in [4.69, 9.17) is 0 Å². The first-order chi connectivity index (χ1) is 10.8. The van der Waals surface area contributed by atoms with Crippen LogP contribution in [0.1, 0.15) is 37.3 Å². The Labute approximate surface area is 137 Å². The number of hydrogen-bond donors (Lipinski definition) is 1. The Morgan fingerprint density at radius 3 is 2.13 bits per heavy atom. The first-order valence-electron chi connectivity index (χ1n) is 7.57. The molecule has 0 saturated carbocycles. The van der Waals surface area contributed by atoms with E-state index in [1.807, 2.05) is 19.1 Å². The van der Waals surface area contributed by atoms with E-state index in [2.05, 4.69) is 19.2 Å². The zero-order valence-corrected chi connectivity index (χ0v) is 14.4. The maximum absolute atomic E-state index is 12.3. The molecule has 0 bridgehead atoms. The summed E-state index contributed by atoms with van der Waals surface area (Å²) < 4.78 is 24.5. The minimum atomic E-state index is -4.04. The molecule has 2 rings (SSSR count). The van der Waals surface area contributed by atoms with Gasteiger partial charge in [0.25, 0.3) is 9.84 Å². The molecule has 0 heterocycles. The Balaban J connectivity index is 2.16. The van der Waals surface area contributed by atoms with Gasteiger partial charge in [-0.15, -0.1) is 0 Å². The van der Waals surface area contributed by atoms with Gasteiger partial charge in [-0.2, -0.15) is 0 Å². The second kappa shape index (κ2) is 6.96. The molecule has 0 aliphatic heterocycles. The molecule has 1 amide bonds. The average Bonchev–Trinajstić information content (AvgIpc) is 2.55. The lowest BCUT2D eigenvalue weighted by Gasteiger charge is -2.11. The van der Waals surface area contributed by atoms with Crippen LogP contribution >= 0.6 is 0 Å². The molecule has 0 aromatic heterocycles. The number of benzene rings is 2. The number of anilines is 1. The highest BCUT2D eigenvalue weighted by atomic mass is 32.2. The standard InChI is InChI=1S/C18H21NO3S/c1-4-14(3)15-7-9-16(10-8-15)19-18(20)23(21,22)17-11-5-13(2)6-12-17/h5-12,14H,4H2,1-3H3,(H,19,20). The Hall–Kier alpha value is -2.14. The predicted octanol–water partition coefficient (Wildman–Crippen LogP) is 4.51. The molecule has 0 aliphatic rings. The topological polar surface area (TPSA) is 63.2 Å².